The fourth-order valence-corrected chi connectivity index (χ4v) is 2.82. The van der Waals surface area contributed by atoms with Crippen LogP contribution in [0.25, 0.3) is 0 Å². The lowest BCUT2D eigenvalue weighted by Gasteiger charge is -2.35. The van der Waals surface area contributed by atoms with Crippen molar-refractivity contribution in [3.8, 4) is 0 Å². The van der Waals surface area contributed by atoms with E-state index in [4.69, 9.17) is 4.74 Å². The standard InChI is InChI=1S/C16H26N2O/c1-3-15-13-19-12-11-18(15)10-9-16(17-2)14-7-5-4-6-8-14/h4-8,15-17H,3,9-13H2,1-2H3. The van der Waals surface area contributed by atoms with Gasteiger partial charge in [0.1, 0.15) is 0 Å². The number of hydrogen-bond donors (Lipinski definition) is 1. The van der Waals surface area contributed by atoms with Gasteiger partial charge in [-0.2, -0.15) is 0 Å². The van der Waals surface area contributed by atoms with Crippen LogP contribution >= 0.6 is 0 Å². The van der Waals surface area contributed by atoms with Gasteiger partial charge in [0.15, 0.2) is 0 Å². The van der Waals surface area contributed by atoms with Crippen molar-refractivity contribution in [1.29, 1.82) is 0 Å². The predicted octanol–water partition coefficient (Wildman–Crippen LogP) is 2.45. The molecule has 1 aliphatic rings. The van der Waals surface area contributed by atoms with E-state index in [1.165, 1.54) is 12.0 Å². The van der Waals surface area contributed by atoms with Gasteiger partial charge in [0, 0.05) is 25.2 Å². The van der Waals surface area contributed by atoms with Crippen molar-refractivity contribution in [2.75, 3.05) is 33.4 Å². The van der Waals surface area contributed by atoms with E-state index in [0.29, 0.717) is 12.1 Å². The van der Waals surface area contributed by atoms with Crippen LogP contribution in [-0.2, 0) is 4.74 Å². The predicted molar refractivity (Wildman–Crippen MR) is 79.3 cm³/mol. The molecule has 1 aromatic rings. The maximum atomic E-state index is 5.56. The summed E-state index contributed by atoms with van der Waals surface area (Å²) in [5.41, 5.74) is 1.38. The molecule has 0 bridgehead atoms. The zero-order chi connectivity index (χ0) is 13.5. The quantitative estimate of drug-likeness (QED) is 0.852. The first kappa shape index (κ1) is 14.5. The second kappa shape index (κ2) is 7.63. The topological polar surface area (TPSA) is 24.5 Å². The van der Waals surface area contributed by atoms with Crippen molar-refractivity contribution in [1.82, 2.24) is 10.2 Å². The van der Waals surface area contributed by atoms with Crippen molar-refractivity contribution in [2.45, 2.75) is 31.8 Å². The van der Waals surface area contributed by atoms with E-state index in [-0.39, 0.29) is 0 Å². The lowest BCUT2D eigenvalue weighted by molar-refractivity contribution is -0.00997. The van der Waals surface area contributed by atoms with Gasteiger partial charge in [-0.25, -0.2) is 0 Å². The molecule has 3 nitrogen and oxygen atoms in total. The summed E-state index contributed by atoms with van der Waals surface area (Å²) in [4.78, 5) is 2.58. The summed E-state index contributed by atoms with van der Waals surface area (Å²) in [5.74, 6) is 0. The third kappa shape index (κ3) is 4.03. The van der Waals surface area contributed by atoms with E-state index in [1.54, 1.807) is 0 Å². The molecule has 1 fully saturated rings. The highest BCUT2D eigenvalue weighted by atomic mass is 16.5. The minimum Gasteiger partial charge on any atom is -0.378 e. The van der Waals surface area contributed by atoms with Gasteiger partial charge in [0.05, 0.1) is 13.2 Å². The average molecular weight is 262 g/mol. The monoisotopic (exact) mass is 262 g/mol. The fraction of sp³-hybridized carbons (Fsp3) is 0.625. The Morgan fingerprint density at radius 2 is 2.16 bits per heavy atom. The number of ether oxygens (including phenoxy) is 1. The lowest BCUT2D eigenvalue weighted by atomic mass is 10.0. The van der Waals surface area contributed by atoms with Crippen LogP contribution in [0.3, 0.4) is 0 Å². The van der Waals surface area contributed by atoms with Gasteiger partial charge in [-0.05, 0) is 25.5 Å². The zero-order valence-electron chi connectivity index (χ0n) is 12.1. The molecule has 1 aliphatic heterocycles. The van der Waals surface area contributed by atoms with Gasteiger partial charge in [-0.3, -0.25) is 4.90 Å². The number of morpholine rings is 1. The fourth-order valence-electron chi connectivity index (χ4n) is 2.82. The van der Waals surface area contributed by atoms with E-state index >= 15 is 0 Å². The van der Waals surface area contributed by atoms with Crippen LogP contribution < -0.4 is 5.32 Å². The van der Waals surface area contributed by atoms with Gasteiger partial charge >= 0.3 is 0 Å². The molecule has 19 heavy (non-hydrogen) atoms. The largest absolute Gasteiger partial charge is 0.378 e. The Balaban J connectivity index is 1.89. The zero-order valence-corrected chi connectivity index (χ0v) is 12.1. The summed E-state index contributed by atoms with van der Waals surface area (Å²) < 4.78 is 5.56. The Hall–Kier alpha value is -0.900. The molecule has 0 radical (unpaired) electrons. The summed E-state index contributed by atoms with van der Waals surface area (Å²) in [6, 6.07) is 11.8. The second-order valence-corrected chi connectivity index (χ2v) is 5.21. The first-order valence-electron chi connectivity index (χ1n) is 7.39. The van der Waals surface area contributed by atoms with Gasteiger partial charge < -0.3 is 10.1 Å². The number of benzene rings is 1. The Morgan fingerprint density at radius 3 is 2.84 bits per heavy atom. The molecule has 0 aromatic heterocycles. The third-order valence-electron chi connectivity index (χ3n) is 4.08. The molecule has 0 amide bonds. The Labute approximate surface area is 116 Å². The molecular weight excluding hydrogens is 236 g/mol. The van der Waals surface area contributed by atoms with Crippen LogP contribution in [0, 0.1) is 0 Å². The molecule has 106 valence electrons. The number of nitrogens with zero attached hydrogens (tertiary/aromatic N) is 1. The van der Waals surface area contributed by atoms with Crippen molar-refractivity contribution < 1.29 is 4.74 Å². The van der Waals surface area contributed by atoms with Gasteiger partial charge in [0.2, 0.25) is 0 Å². The molecule has 1 saturated heterocycles. The van der Waals surface area contributed by atoms with Crippen LogP contribution in [0.1, 0.15) is 31.4 Å². The van der Waals surface area contributed by atoms with Crippen molar-refractivity contribution in [3.63, 3.8) is 0 Å². The van der Waals surface area contributed by atoms with Crippen LogP contribution in [-0.4, -0.2) is 44.3 Å². The number of hydrogen-bond acceptors (Lipinski definition) is 3. The van der Waals surface area contributed by atoms with Crippen LogP contribution in [0.15, 0.2) is 30.3 Å². The second-order valence-electron chi connectivity index (χ2n) is 5.21. The molecule has 0 aliphatic carbocycles. The molecule has 2 unspecified atom stereocenters. The van der Waals surface area contributed by atoms with Gasteiger partial charge in [-0.15, -0.1) is 0 Å². The Bertz CT molecular complexity index is 355. The molecule has 1 N–H and O–H groups in total. The van der Waals surface area contributed by atoms with E-state index in [2.05, 4.69) is 47.5 Å². The summed E-state index contributed by atoms with van der Waals surface area (Å²) in [6.45, 7) is 6.24. The highest BCUT2D eigenvalue weighted by Crippen LogP contribution is 2.18. The molecule has 0 spiro atoms. The minimum absolute atomic E-state index is 0.446. The van der Waals surface area contributed by atoms with Crippen LogP contribution in [0.2, 0.25) is 0 Å². The minimum atomic E-state index is 0.446. The Morgan fingerprint density at radius 1 is 1.37 bits per heavy atom. The van der Waals surface area contributed by atoms with Crippen molar-refractivity contribution >= 4 is 0 Å². The molecule has 2 rings (SSSR count). The SMILES string of the molecule is CCC1COCCN1CCC(NC)c1ccccc1. The first-order valence-corrected chi connectivity index (χ1v) is 7.39. The maximum Gasteiger partial charge on any atom is 0.0622 e. The highest BCUT2D eigenvalue weighted by molar-refractivity contribution is 5.18. The normalized spacial score (nSPS) is 22.3. The maximum absolute atomic E-state index is 5.56. The number of nitrogens with one attached hydrogen (secondary N) is 1. The van der Waals surface area contributed by atoms with Crippen molar-refractivity contribution in [3.05, 3.63) is 35.9 Å². The molecule has 2 atom stereocenters. The van der Waals surface area contributed by atoms with Gasteiger partial charge in [0.25, 0.3) is 0 Å². The lowest BCUT2D eigenvalue weighted by Crippen LogP contribution is -2.46. The summed E-state index contributed by atoms with van der Waals surface area (Å²) in [6.07, 6.45) is 2.33. The summed E-state index contributed by atoms with van der Waals surface area (Å²) >= 11 is 0. The van der Waals surface area contributed by atoms with E-state index < -0.39 is 0 Å². The van der Waals surface area contributed by atoms with Crippen LogP contribution in [0.5, 0.6) is 0 Å². The van der Waals surface area contributed by atoms with Crippen LogP contribution in [0.4, 0.5) is 0 Å². The molecule has 3 heteroatoms. The number of rotatable bonds is 6. The Kier molecular flexibility index (Phi) is 5.83. The van der Waals surface area contributed by atoms with E-state index in [1.807, 2.05) is 7.05 Å². The van der Waals surface area contributed by atoms with E-state index in [9.17, 15) is 0 Å². The summed E-state index contributed by atoms with van der Waals surface area (Å²) in [7, 11) is 2.05. The molecule has 1 aromatic carbocycles. The van der Waals surface area contributed by atoms with E-state index in [0.717, 1.165) is 32.7 Å². The smallest absolute Gasteiger partial charge is 0.0622 e. The summed E-state index contributed by atoms with van der Waals surface area (Å²) in [5, 5.41) is 3.43. The highest BCUT2D eigenvalue weighted by Gasteiger charge is 2.22. The first-order chi connectivity index (χ1) is 9.35. The molecular formula is C16H26N2O. The molecule has 1 heterocycles. The third-order valence-corrected chi connectivity index (χ3v) is 4.08. The average Bonchev–Trinajstić information content (AvgIpc) is 2.49. The molecule has 0 saturated carbocycles. The van der Waals surface area contributed by atoms with Crippen molar-refractivity contribution in [2.24, 2.45) is 0 Å². The van der Waals surface area contributed by atoms with Gasteiger partial charge in [-0.1, -0.05) is 37.3 Å².